The zero-order valence-corrected chi connectivity index (χ0v) is 14.9. The van der Waals surface area contributed by atoms with Gasteiger partial charge in [-0.05, 0) is 43.2 Å². The summed E-state index contributed by atoms with van der Waals surface area (Å²) in [6, 6.07) is 8.20. The van der Waals surface area contributed by atoms with E-state index < -0.39 is 16.8 Å². The van der Waals surface area contributed by atoms with Gasteiger partial charge in [0.15, 0.2) is 0 Å². The number of amides is 1. The first-order chi connectivity index (χ1) is 12.9. The van der Waals surface area contributed by atoms with Gasteiger partial charge in [0, 0.05) is 24.7 Å². The van der Waals surface area contributed by atoms with E-state index in [9.17, 15) is 19.7 Å². The van der Waals surface area contributed by atoms with Crippen LogP contribution in [0.3, 0.4) is 0 Å². The first kappa shape index (κ1) is 18.7. The Labute approximate surface area is 159 Å². The highest BCUT2D eigenvalue weighted by atomic mass is 35.5. The number of hydrogen-bond acceptors (Lipinski definition) is 5. The van der Waals surface area contributed by atoms with E-state index in [1.54, 1.807) is 6.07 Å². The molecule has 0 bridgehead atoms. The molecule has 0 aliphatic carbocycles. The predicted octanol–water partition coefficient (Wildman–Crippen LogP) is 3.80. The average molecular weight is 390 g/mol. The van der Waals surface area contributed by atoms with Gasteiger partial charge >= 0.3 is 5.97 Å². The molecule has 0 aromatic heterocycles. The Morgan fingerprint density at radius 1 is 1.11 bits per heavy atom. The minimum Gasteiger partial charge on any atom is -0.478 e. The molecule has 1 aliphatic rings. The van der Waals surface area contributed by atoms with E-state index in [0.29, 0.717) is 5.69 Å². The molecular weight excluding hydrogens is 374 g/mol. The maximum Gasteiger partial charge on any atom is 0.335 e. The largest absolute Gasteiger partial charge is 0.478 e. The highest BCUT2D eigenvalue weighted by Crippen LogP contribution is 2.32. The van der Waals surface area contributed by atoms with E-state index in [2.05, 4.69) is 5.32 Å². The monoisotopic (exact) mass is 389 g/mol. The summed E-state index contributed by atoms with van der Waals surface area (Å²) in [5.41, 5.74) is 0.509. The molecule has 8 nitrogen and oxygen atoms in total. The number of rotatable bonds is 5. The Balaban J connectivity index is 1.89. The zero-order valence-electron chi connectivity index (χ0n) is 14.1. The van der Waals surface area contributed by atoms with Crippen molar-refractivity contribution in [2.45, 2.75) is 12.8 Å². The van der Waals surface area contributed by atoms with Crippen molar-refractivity contribution in [3.8, 4) is 0 Å². The summed E-state index contributed by atoms with van der Waals surface area (Å²) in [4.78, 5) is 36.4. The van der Waals surface area contributed by atoms with Crippen molar-refractivity contribution in [1.82, 2.24) is 0 Å². The van der Waals surface area contributed by atoms with E-state index in [0.717, 1.165) is 25.9 Å². The Morgan fingerprint density at radius 2 is 1.78 bits per heavy atom. The standard InChI is InChI=1S/C18H16ClN3O5/c19-13-5-3-12(18(24)25)9-14(13)20-17(23)11-4-6-15(16(10-11)22(26)27)21-7-1-2-8-21/h3-6,9-10H,1-2,7-8H2,(H,20,23)(H,24,25). The second kappa shape index (κ2) is 7.63. The molecule has 2 aromatic rings. The van der Waals surface area contributed by atoms with Gasteiger partial charge in [0.05, 0.1) is 21.2 Å². The normalized spacial score (nSPS) is 13.4. The molecule has 2 aromatic carbocycles. The van der Waals surface area contributed by atoms with Crippen LogP contribution in [0.15, 0.2) is 36.4 Å². The molecule has 1 aliphatic heterocycles. The fourth-order valence-corrected chi connectivity index (χ4v) is 3.15. The molecule has 1 heterocycles. The minimum absolute atomic E-state index is 0.0370. The van der Waals surface area contributed by atoms with Gasteiger partial charge in [-0.25, -0.2) is 4.79 Å². The third-order valence-electron chi connectivity index (χ3n) is 4.34. The van der Waals surface area contributed by atoms with Crippen LogP contribution >= 0.6 is 11.6 Å². The fraction of sp³-hybridized carbons (Fsp3) is 0.222. The van der Waals surface area contributed by atoms with Gasteiger partial charge in [0.2, 0.25) is 0 Å². The summed E-state index contributed by atoms with van der Waals surface area (Å²) >= 11 is 6.00. The van der Waals surface area contributed by atoms with Crippen molar-refractivity contribution < 1.29 is 19.6 Å². The summed E-state index contributed by atoms with van der Waals surface area (Å²) in [5.74, 6) is -1.77. The molecule has 1 amide bonds. The number of carbonyl (C=O) groups is 2. The molecule has 1 fully saturated rings. The lowest BCUT2D eigenvalue weighted by Crippen LogP contribution is -2.20. The lowest BCUT2D eigenvalue weighted by atomic mass is 10.1. The number of nitro groups is 1. The Bertz CT molecular complexity index is 925. The molecule has 3 rings (SSSR count). The van der Waals surface area contributed by atoms with Gasteiger partial charge in [-0.3, -0.25) is 14.9 Å². The predicted molar refractivity (Wildman–Crippen MR) is 101 cm³/mol. The number of carbonyl (C=O) groups excluding carboxylic acids is 1. The van der Waals surface area contributed by atoms with Gasteiger partial charge in [-0.1, -0.05) is 11.6 Å². The van der Waals surface area contributed by atoms with Gasteiger partial charge < -0.3 is 15.3 Å². The Hall–Kier alpha value is -3.13. The number of carboxylic acid groups (broad SMARTS) is 1. The first-order valence-corrected chi connectivity index (χ1v) is 8.62. The fourth-order valence-electron chi connectivity index (χ4n) is 2.98. The van der Waals surface area contributed by atoms with Crippen LogP contribution in [0, 0.1) is 10.1 Å². The topological polar surface area (TPSA) is 113 Å². The van der Waals surface area contributed by atoms with Gasteiger partial charge in [-0.2, -0.15) is 0 Å². The number of nitrogens with zero attached hydrogens (tertiary/aromatic N) is 2. The van der Waals surface area contributed by atoms with E-state index in [-0.39, 0.29) is 27.5 Å². The number of benzene rings is 2. The van der Waals surface area contributed by atoms with E-state index >= 15 is 0 Å². The molecule has 0 unspecified atom stereocenters. The molecular formula is C18H16ClN3O5. The van der Waals surface area contributed by atoms with Crippen molar-refractivity contribution >= 4 is 40.5 Å². The second-order valence-electron chi connectivity index (χ2n) is 6.11. The van der Waals surface area contributed by atoms with Crippen LogP contribution in [-0.2, 0) is 0 Å². The number of carboxylic acids is 1. The van der Waals surface area contributed by atoms with Crippen LogP contribution in [0.1, 0.15) is 33.6 Å². The highest BCUT2D eigenvalue weighted by Gasteiger charge is 2.24. The zero-order chi connectivity index (χ0) is 19.6. The van der Waals surface area contributed by atoms with Crippen LogP contribution in [-0.4, -0.2) is 35.0 Å². The van der Waals surface area contributed by atoms with Gasteiger partial charge in [-0.15, -0.1) is 0 Å². The van der Waals surface area contributed by atoms with Crippen LogP contribution in [0.4, 0.5) is 17.1 Å². The highest BCUT2D eigenvalue weighted by molar-refractivity contribution is 6.34. The maximum absolute atomic E-state index is 12.5. The molecule has 2 N–H and O–H groups in total. The number of nitrogens with one attached hydrogen (secondary N) is 1. The molecule has 27 heavy (non-hydrogen) atoms. The average Bonchev–Trinajstić information content (AvgIpc) is 3.17. The van der Waals surface area contributed by atoms with Crippen LogP contribution in [0.5, 0.6) is 0 Å². The summed E-state index contributed by atoms with van der Waals surface area (Å²) < 4.78 is 0. The Kier molecular flexibility index (Phi) is 5.27. The Morgan fingerprint density at radius 3 is 2.41 bits per heavy atom. The number of hydrogen-bond donors (Lipinski definition) is 2. The number of halogens is 1. The van der Waals surface area contributed by atoms with E-state index in [4.69, 9.17) is 16.7 Å². The smallest absolute Gasteiger partial charge is 0.335 e. The summed E-state index contributed by atoms with van der Waals surface area (Å²) in [5, 5.41) is 23.2. The van der Waals surface area contributed by atoms with Crippen LogP contribution < -0.4 is 10.2 Å². The SMILES string of the molecule is O=C(O)c1ccc(Cl)c(NC(=O)c2ccc(N3CCCC3)c([N+](=O)[O-])c2)c1. The molecule has 1 saturated heterocycles. The lowest BCUT2D eigenvalue weighted by molar-refractivity contribution is -0.384. The molecule has 9 heteroatoms. The number of nitro benzene ring substituents is 1. The van der Waals surface area contributed by atoms with E-state index in [1.165, 1.54) is 30.3 Å². The third kappa shape index (κ3) is 4.01. The molecule has 140 valence electrons. The third-order valence-corrected chi connectivity index (χ3v) is 4.67. The van der Waals surface area contributed by atoms with Crippen LogP contribution in [0.2, 0.25) is 5.02 Å². The summed E-state index contributed by atoms with van der Waals surface area (Å²) in [7, 11) is 0. The van der Waals surface area contributed by atoms with Crippen molar-refractivity contribution in [2.75, 3.05) is 23.3 Å². The number of anilines is 2. The number of aromatic carboxylic acids is 1. The lowest BCUT2D eigenvalue weighted by Gasteiger charge is -2.18. The van der Waals surface area contributed by atoms with Gasteiger partial charge in [0.1, 0.15) is 5.69 Å². The van der Waals surface area contributed by atoms with Crippen LogP contribution in [0.25, 0.3) is 0 Å². The van der Waals surface area contributed by atoms with Gasteiger partial charge in [0.25, 0.3) is 11.6 Å². The molecule has 0 radical (unpaired) electrons. The molecule has 0 atom stereocenters. The molecule has 0 spiro atoms. The van der Waals surface area contributed by atoms with Crippen molar-refractivity contribution in [1.29, 1.82) is 0 Å². The molecule has 0 saturated carbocycles. The summed E-state index contributed by atoms with van der Waals surface area (Å²) in [6.07, 6.45) is 1.94. The quantitative estimate of drug-likeness (QED) is 0.594. The minimum atomic E-state index is -1.16. The van der Waals surface area contributed by atoms with Crippen molar-refractivity contribution in [3.05, 3.63) is 62.7 Å². The first-order valence-electron chi connectivity index (χ1n) is 8.24. The van der Waals surface area contributed by atoms with Crippen molar-refractivity contribution in [3.63, 3.8) is 0 Å². The summed E-state index contributed by atoms with van der Waals surface area (Å²) in [6.45, 7) is 1.48. The van der Waals surface area contributed by atoms with E-state index in [1.807, 2.05) is 4.90 Å². The second-order valence-corrected chi connectivity index (χ2v) is 6.52. The van der Waals surface area contributed by atoms with Crippen molar-refractivity contribution in [2.24, 2.45) is 0 Å². The maximum atomic E-state index is 12.5.